The number of nitrogens with zero attached hydrogens (tertiary/aromatic N) is 4. The fraction of sp³-hybridized carbons (Fsp3) is 0.370. The molecule has 10 heteroatoms. The Morgan fingerprint density at radius 1 is 1.30 bits per heavy atom. The van der Waals surface area contributed by atoms with E-state index in [1.54, 1.807) is 48.2 Å². The molecule has 1 aliphatic rings. The quantitative estimate of drug-likeness (QED) is 0.354. The Morgan fingerprint density at radius 2 is 2.05 bits per heavy atom. The van der Waals surface area contributed by atoms with Gasteiger partial charge in [-0.15, -0.1) is 11.3 Å². The number of carbonyl (C=O) groups excluding carboxylic acids is 1. The van der Waals surface area contributed by atoms with Gasteiger partial charge in [0.05, 0.1) is 19.3 Å². The zero-order valence-corrected chi connectivity index (χ0v) is 21.6. The highest BCUT2D eigenvalue weighted by atomic mass is 32.1. The maximum absolute atomic E-state index is 13.9. The van der Waals surface area contributed by atoms with E-state index in [-0.39, 0.29) is 24.1 Å². The first-order chi connectivity index (χ1) is 17.6. The van der Waals surface area contributed by atoms with Crippen molar-refractivity contribution in [1.82, 2.24) is 14.7 Å². The standard InChI is InChI=1S/C27H27F3N4O2S/c1-4-34-15-23(26(32-34)27(28,29)30)20-9-6-5-8-19(20)22-14-33(25(35)10-7-11-36-17(2)3)16-24-21(22)12-18(13-31)37-24/h5-10,12,15,17,22H,4,11,14,16H2,1-3H3/b10-7+. The number of thiophene rings is 1. The van der Waals surface area contributed by atoms with E-state index in [4.69, 9.17) is 4.74 Å². The van der Waals surface area contributed by atoms with Crippen molar-refractivity contribution in [1.29, 1.82) is 5.26 Å². The van der Waals surface area contributed by atoms with Crippen LogP contribution >= 0.6 is 11.3 Å². The summed E-state index contributed by atoms with van der Waals surface area (Å²) in [5.74, 6) is -0.629. The summed E-state index contributed by atoms with van der Waals surface area (Å²) in [6.07, 6.45) is -0.0539. The van der Waals surface area contributed by atoms with Crippen LogP contribution in [0.25, 0.3) is 11.1 Å². The number of carbonyl (C=O) groups is 1. The summed E-state index contributed by atoms with van der Waals surface area (Å²) in [7, 11) is 0. The van der Waals surface area contributed by atoms with Gasteiger partial charge in [-0.3, -0.25) is 9.48 Å². The lowest BCUT2D eigenvalue weighted by atomic mass is 9.83. The Labute approximate surface area is 217 Å². The summed E-state index contributed by atoms with van der Waals surface area (Å²) in [6.45, 7) is 6.73. The van der Waals surface area contributed by atoms with Gasteiger partial charge in [0.1, 0.15) is 10.9 Å². The zero-order chi connectivity index (χ0) is 26.7. The van der Waals surface area contributed by atoms with Gasteiger partial charge in [-0.2, -0.15) is 23.5 Å². The number of hydrogen-bond acceptors (Lipinski definition) is 5. The molecule has 2 aromatic heterocycles. The highest BCUT2D eigenvalue weighted by Crippen LogP contribution is 2.44. The van der Waals surface area contributed by atoms with Gasteiger partial charge in [0.25, 0.3) is 0 Å². The molecule has 194 valence electrons. The minimum absolute atomic E-state index is 0.00332. The second-order valence-corrected chi connectivity index (χ2v) is 10.1. The second kappa shape index (κ2) is 10.9. The van der Waals surface area contributed by atoms with Crippen LogP contribution in [0.4, 0.5) is 13.2 Å². The van der Waals surface area contributed by atoms with Crippen molar-refractivity contribution < 1.29 is 22.7 Å². The molecule has 3 heterocycles. The van der Waals surface area contributed by atoms with Gasteiger partial charge >= 0.3 is 6.18 Å². The number of fused-ring (bicyclic) bond motifs is 1. The van der Waals surface area contributed by atoms with Gasteiger partial charge in [-0.05, 0) is 43.5 Å². The largest absolute Gasteiger partial charge is 0.435 e. The van der Waals surface area contributed by atoms with Gasteiger partial charge in [-0.1, -0.05) is 30.3 Å². The zero-order valence-electron chi connectivity index (χ0n) is 20.7. The molecule has 6 nitrogen and oxygen atoms in total. The van der Waals surface area contributed by atoms with E-state index in [2.05, 4.69) is 11.2 Å². The number of rotatable bonds is 7. The van der Waals surface area contributed by atoms with E-state index in [1.807, 2.05) is 13.8 Å². The molecular formula is C27H27F3N4O2S. The number of benzene rings is 1. The molecular weight excluding hydrogens is 501 g/mol. The van der Waals surface area contributed by atoms with Crippen molar-refractivity contribution in [3.8, 4) is 17.2 Å². The molecule has 0 N–H and O–H groups in total. The van der Waals surface area contributed by atoms with Crippen LogP contribution in [-0.2, 0) is 28.8 Å². The van der Waals surface area contributed by atoms with Crippen LogP contribution in [-0.4, -0.2) is 39.8 Å². The summed E-state index contributed by atoms with van der Waals surface area (Å²) in [5.41, 5.74) is 0.974. The van der Waals surface area contributed by atoms with E-state index < -0.39 is 17.8 Å². The Morgan fingerprint density at radius 3 is 2.73 bits per heavy atom. The van der Waals surface area contributed by atoms with Crippen molar-refractivity contribution >= 4 is 17.2 Å². The summed E-state index contributed by atoms with van der Waals surface area (Å²) in [5, 5.41) is 13.3. The molecule has 1 amide bonds. The summed E-state index contributed by atoms with van der Waals surface area (Å²) < 4.78 is 48.5. The van der Waals surface area contributed by atoms with Gasteiger partial charge in [0.15, 0.2) is 5.69 Å². The second-order valence-electron chi connectivity index (χ2n) is 8.99. The molecule has 0 saturated heterocycles. The summed E-state index contributed by atoms with van der Waals surface area (Å²) >= 11 is 1.30. The third-order valence-corrected chi connectivity index (χ3v) is 7.18. The predicted molar refractivity (Wildman–Crippen MR) is 135 cm³/mol. The molecule has 37 heavy (non-hydrogen) atoms. The molecule has 1 aliphatic heterocycles. The molecule has 0 radical (unpaired) electrons. The molecule has 0 fully saturated rings. The van der Waals surface area contributed by atoms with Crippen LogP contribution in [0, 0.1) is 11.3 Å². The minimum Gasteiger partial charge on any atom is -0.375 e. The van der Waals surface area contributed by atoms with Gasteiger partial charge in [0, 0.05) is 41.7 Å². The topological polar surface area (TPSA) is 71.2 Å². The monoisotopic (exact) mass is 528 g/mol. The lowest BCUT2D eigenvalue weighted by molar-refractivity contribution is -0.141. The third-order valence-electron chi connectivity index (χ3n) is 6.14. The number of ether oxygens (including phenoxy) is 1. The third kappa shape index (κ3) is 5.78. The average molecular weight is 529 g/mol. The van der Waals surface area contributed by atoms with Gasteiger partial charge < -0.3 is 9.64 Å². The lowest BCUT2D eigenvalue weighted by Crippen LogP contribution is -2.37. The fourth-order valence-corrected chi connectivity index (χ4v) is 5.48. The number of aromatic nitrogens is 2. The van der Waals surface area contributed by atoms with Crippen molar-refractivity contribution in [3.05, 3.63) is 75.3 Å². The van der Waals surface area contributed by atoms with E-state index in [0.717, 1.165) is 10.4 Å². The first-order valence-electron chi connectivity index (χ1n) is 12.0. The van der Waals surface area contributed by atoms with E-state index in [1.165, 1.54) is 28.3 Å². The Hall–Kier alpha value is -3.42. The van der Waals surface area contributed by atoms with E-state index in [0.29, 0.717) is 35.7 Å². The number of halogens is 3. The lowest BCUT2D eigenvalue weighted by Gasteiger charge is -2.33. The normalized spacial score (nSPS) is 15.8. The first kappa shape index (κ1) is 26.6. The molecule has 1 atom stereocenters. The van der Waals surface area contributed by atoms with Gasteiger partial charge in [-0.25, -0.2) is 0 Å². The molecule has 4 rings (SSSR count). The van der Waals surface area contributed by atoms with Gasteiger partial charge in [0.2, 0.25) is 5.91 Å². The van der Waals surface area contributed by atoms with Crippen LogP contribution in [0.3, 0.4) is 0 Å². The highest BCUT2D eigenvalue weighted by molar-refractivity contribution is 7.12. The van der Waals surface area contributed by atoms with Crippen molar-refractivity contribution in [2.24, 2.45) is 0 Å². The maximum Gasteiger partial charge on any atom is 0.435 e. The molecule has 0 spiro atoms. The molecule has 1 unspecified atom stereocenters. The summed E-state index contributed by atoms with van der Waals surface area (Å²) in [6, 6.07) is 10.9. The highest BCUT2D eigenvalue weighted by Gasteiger charge is 2.39. The van der Waals surface area contributed by atoms with Crippen molar-refractivity contribution in [2.45, 2.75) is 52.1 Å². The molecule has 1 aromatic carbocycles. The fourth-order valence-electron chi connectivity index (χ4n) is 4.45. The molecule has 0 aliphatic carbocycles. The summed E-state index contributed by atoms with van der Waals surface area (Å²) in [4.78, 5) is 16.1. The van der Waals surface area contributed by atoms with E-state index >= 15 is 0 Å². The van der Waals surface area contributed by atoms with Crippen molar-refractivity contribution in [3.63, 3.8) is 0 Å². The Kier molecular flexibility index (Phi) is 7.85. The number of amides is 1. The van der Waals surface area contributed by atoms with Crippen LogP contribution in [0.15, 0.2) is 48.7 Å². The maximum atomic E-state index is 13.9. The SMILES string of the molecule is CCn1cc(-c2ccccc2C2CN(C(=O)/C=C/COC(C)C)Cc3sc(C#N)cc32)c(C(F)(F)F)n1. The van der Waals surface area contributed by atoms with E-state index in [9.17, 15) is 23.2 Å². The van der Waals surface area contributed by atoms with Crippen LogP contribution in [0.5, 0.6) is 0 Å². The number of aryl methyl sites for hydroxylation is 1. The molecule has 3 aromatic rings. The predicted octanol–water partition coefficient (Wildman–Crippen LogP) is 5.98. The molecule has 0 saturated carbocycles. The van der Waals surface area contributed by atoms with Crippen LogP contribution in [0.1, 0.15) is 53.3 Å². The number of hydrogen-bond donors (Lipinski definition) is 0. The Bertz CT molecular complexity index is 1350. The van der Waals surface area contributed by atoms with Crippen LogP contribution < -0.4 is 0 Å². The smallest absolute Gasteiger partial charge is 0.375 e. The number of alkyl halides is 3. The number of nitriles is 1. The Balaban J connectivity index is 1.77. The average Bonchev–Trinajstić information content (AvgIpc) is 3.50. The minimum atomic E-state index is -4.62. The van der Waals surface area contributed by atoms with Crippen molar-refractivity contribution in [2.75, 3.05) is 13.2 Å². The molecule has 0 bridgehead atoms. The first-order valence-corrected chi connectivity index (χ1v) is 12.8. The van der Waals surface area contributed by atoms with Crippen LogP contribution in [0.2, 0.25) is 0 Å².